The number of nitrogen functional groups attached to an aromatic ring is 1. The third-order valence-electron chi connectivity index (χ3n) is 2.40. The summed E-state index contributed by atoms with van der Waals surface area (Å²) in [5.41, 5.74) is 5.98. The standard InChI is InChI=1S/C13H17FN2O3S/c1-19-13(18)8-20-6-2-3-12(17)16-11-7-9(15)4-5-10(11)14/h4-5,7H,2-3,6,8,15H2,1H3,(H,16,17). The van der Waals surface area contributed by atoms with Crippen LogP contribution in [0.4, 0.5) is 15.8 Å². The van der Waals surface area contributed by atoms with Gasteiger partial charge in [-0.1, -0.05) is 0 Å². The number of ether oxygens (including phenoxy) is 1. The van der Waals surface area contributed by atoms with Crippen molar-refractivity contribution in [2.45, 2.75) is 12.8 Å². The second kappa shape index (κ2) is 8.42. The lowest BCUT2D eigenvalue weighted by molar-refractivity contribution is -0.137. The van der Waals surface area contributed by atoms with Gasteiger partial charge in [-0.05, 0) is 30.4 Å². The highest BCUT2D eigenvalue weighted by molar-refractivity contribution is 7.99. The number of carbonyl (C=O) groups excluding carboxylic acids is 2. The van der Waals surface area contributed by atoms with Gasteiger partial charge in [0.05, 0.1) is 18.6 Å². The Morgan fingerprint density at radius 1 is 1.45 bits per heavy atom. The molecule has 0 saturated heterocycles. The lowest BCUT2D eigenvalue weighted by Gasteiger charge is -2.07. The number of thioether (sulfide) groups is 1. The van der Waals surface area contributed by atoms with Crippen molar-refractivity contribution in [3.8, 4) is 0 Å². The van der Waals surface area contributed by atoms with E-state index in [-0.39, 0.29) is 29.7 Å². The van der Waals surface area contributed by atoms with E-state index in [4.69, 9.17) is 5.73 Å². The highest BCUT2D eigenvalue weighted by atomic mass is 32.2. The topological polar surface area (TPSA) is 81.4 Å². The Bertz CT molecular complexity index is 483. The van der Waals surface area contributed by atoms with Gasteiger partial charge in [-0.2, -0.15) is 11.8 Å². The Labute approximate surface area is 121 Å². The monoisotopic (exact) mass is 300 g/mol. The summed E-state index contributed by atoms with van der Waals surface area (Å²) in [5, 5.41) is 2.47. The van der Waals surface area contributed by atoms with Crippen LogP contribution in [0.3, 0.4) is 0 Å². The van der Waals surface area contributed by atoms with Gasteiger partial charge in [0, 0.05) is 12.1 Å². The molecule has 7 heteroatoms. The zero-order valence-corrected chi connectivity index (χ0v) is 12.0. The Balaban J connectivity index is 2.27. The number of amides is 1. The van der Waals surface area contributed by atoms with E-state index in [1.165, 1.54) is 37.1 Å². The molecule has 5 nitrogen and oxygen atoms in total. The maximum atomic E-state index is 13.4. The van der Waals surface area contributed by atoms with Crippen molar-refractivity contribution in [2.24, 2.45) is 0 Å². The Morgan fingerprint density at radius 3 is 2.90 bits per heavy atom. The second-order valence-corrected chi connectivity index (χ2v) is 5.12. The quantitative estimate of drug-likeness (QED) is 0.457. The van der Waals surface area contributed by atoms with E-state index < -0.39 is 5.82 Å². The fraction of sp³-hybridized carbons (Fsp3) is 0.385. The molecule has 0 bridgehead atoms. The summed E-state index contributed by atoms with van der Waals surface area (Å²) in [7, 11) is 1.33. The van der Waals surface area contributed by atoms with Gasteiger partial charge in [-0.25, -0.2) is 4.39 Å². The van der Waals surface area contributed by atoms with Crippen LogP contribution in [0.25, 0.3) is 0 Å². The maximum Gasteiger partial charge on any atom is 0.315 e. The van der Waals surface area contributed by atoms with Gasteiger partial charge < -0.3 is 15.8 Å². The lowest BCUT2D eigenvalue weighted by Crippen LogP contribution is -2.13. The highest BCUT2D eigenvalue weighted by Gasteiger charge is 2.07. The fourth-order valence-corrected chi connectivity index (χ4v) is 2.18. The molecule has 0 aromatic heterocycles. The van der Waals surface area contributed by atoms with E-state index in [0.29, 0.717) is 17.9 Å². The van der Waals surface area contributed by atoms with Gasteiger partial charge in [-0.15, -0.1) is 0 Å². The summed E-state index contributed by atoms with van der Waals surface area (Å²) in [6.45, 7) is 0. The number of carbonyl (C=O) groups is 2. The first-order chi connectivity index (χ1) is 9.52. The SMILES string of the molecule is COC(=O)CSCCCC(=O)Nc1cc(N)ccc1F. The van der Waals surface area contributed by atoms with Crippen LogP contribution in [0.15, 0.2) is 18.2 Å². The number of nitrogens with one attached hydrogen (secondary N) is 1. The molecule has 1 aromatic carbocycles. The van der Waals surface area contributed by atoms with Crippen LogP contribution in [0.5, 0.6) is 0 Å². The number of anilines is 2. The summed E-state index contributed by atoms with van der Waals surface area (Å²) in [4.78, 5) is 22.5. The van der Waals surface area contributed by atoms with Crippen LogP contribution in [0.2, 0.25) is 0 Å². The van der Waals surface area contributed by atoms with Crippen LogP contribution in [0.1, 0.15) is 12.8 Å². The van der Waals surface area contributed by atoms with Crippen LogP contribution in [-0.4, -0.2) is 30.5 Å². The molecular formula is C13H17FN2O3S. The summed E-state index contributed by atoms with van der Waals surface area (Å²) >= 11 is 1.39. The minimum atomic E-state index is -0.521. The molecule has 0 aliphatic rings. The molecule has 110 valence electrons. The zero-order valence-electron chi connectivity index (χ0n) is 11.1. The van der Waals surface area contributed by atoms with Crippen LogP contribution < -0.4 is 11.1 Å². The summed E-state index contributed by atoms with van der Waals surface area (Å²) in [6, 6.07) is 4.00. The molecule has 0 heterocycles. The summed E-state index contributed by atoms with van der Waals surface area (Å²) < 4.78 is 17.9. The van der Waals surface area contributed by atoms with E-state index in [0.717, 1.165) is 0 Å². The number of nitrogens with two attached hydrogens (primary N) is 1. The van der Waals surface area contributed by atoms with E-state index in [9.17, 15) is 14.0 Å². The van der Waals surface area contributed by atoms with Crippen molar-refractivity contribution in [3.05, 3.63) is 24.0 Å². The molecule has 3 N–H and O–H groups in total. The summed E-state index contributed by atoms with van der Waals surface area (Å²) in [5.74, 6) is -0.175. The van der Waals surface area contributed by atoms with Crippen molar-refractivity contribution in [1.82, 2.24) is 0 Å². The first kappa shape index (κ1) is 16.3. The predicted octanol–water partition coefficient (Wildman–Crippen LogP) is 2.03. The zero-order chi connectivity index (χ0) is 15.0. The van der Waals surface area contributed by atoms with Crippen LogP contribution in [0, 0.1) is 5.82 Å². The fourth-order valence-electron chi connectivity index (χ4n) is 1.40. The molecule has 0 spiro atoms. The first-order valence-corrected chi connectivity index (χ1v) is 7.18. The van der Waals surface area contributed by atoms with Crippen molar-refractivity contribution in [1.29, 1.82) is 0 Å². The number of benzene rings is 1. The van der Waals surface area contributed by atoms with Gasteiger partial charge in [0.2, 0.25) is 5.91 Å². The van der Waals surface area contributed by atoms with Crippen LogP contribution >= 0.6 is 11.8 Å². The molecule has 0 aliphatic heterocycles. The van der Waals surface area contributed by atoms with Gasteiger partial charge in [0.15, 0.2) is 0 Å². The van der Waals surface area contributed by atoms with Crippen molar-refractivity contribution >= 4 is 35.0 Å². The molecule has 0 saturated carbocycles. The molecule has 1 aromatic rings. The number of halogens is 1. The highest BCUT2D eigenvalue weighted by Crippen LogP contribution is 2.17. The first-order valence-electron chi connectivity index (χ1n) is 6.02. The Kier molecular flexibility index (Phi) is 6.86. The van der Waals surface area contributed by atoms with Gasteiger partial charge in [-0.3, -0.25) is 9.59 Å². The van der Waals surface area contributed by atoms with Gasteiger partial charge in [0.25, 0.3) is 0 Å². The van der Waals surface area contributed by atoms with Crippen molar-refractivity contribution < 1.29 is 18.7 Å². The summed E-state index contributed by atoms with van der Waals surface area (Å²) in [6.07, 6.45) is 0.847. The largest absolute Gasteiger partial charge is 0.468 e. The average molecular weight is 300 g/mol. The third-order valence-corrected chi connectivity index (χ3v) is 3.42. The third kappa shape index (κ3) is 5.92. The lowest BCUT2D eigenvalue weighted by atomic mass is 10.2. The van der Waals surface area contributed by atoms with Crippen molar-refractivity contribution in [3.63, 3.8) is 0 Å². The molecule has 1 rings (SSSR count). The molecule has 0 unspecified atom stereocenters. The average Bonchev–Trinajstić information content (AvgIpc) is 2.42. The number of methoxy groups -OCH3 is 1. The van der Waals surface area contributed by atoms with E-state index in [1.807, 2.05) is 0 Å². The minimum Gasteiger partial charge on any atom is -0.468 e. The number of hydrogen-bond donors (Lipinski definition) is 2. The smallest absolute Gasteiger partial charge is 0.315 e. The molecule has 0 radical (unpaired) electrons. The van der Waals surface area contributed by atoms with Crippen LogP contribution in [-0.2, 0) is 14.3 Å². The van der Waals surface area contributed by atoms with E-state index in [2.05, 4.69) is 10.1 Å². The minimum absolute atomic E-state index is 0.0808. The maximum absolute atomic E-state index is 13.4. The van der Waals surface area contributed by atoms with Gasteiger partial charge in [0.1, 0.15) is 5.82 Å². The van der Waals surface area contributed by atoms with E-state index in [1.54, 1.807) is 0 Å². The molecule has 0 aliphatic carbocycles. The normalized spacial score (nSPS) is 10.1. The van der Waals surface area contributed by atoms with E-state index >= 15 is 0 Å². The molecular weight excluding hydrogens is 283 g/mol. The van der Waals surface area contributed by atoms with Crippen molar-refractivity contribution in [2.75, 3.05) is 29.7 Å². The molecule has 1 amide bonds. The number of esters is 1. The molecule has 20 heavy (non-hydrogen) atoms. The second-order valence-electron chi connectivity index (χ2n) is 4.02. The Morgan fingerprint density at radius 2 is 2.20 bits per heavy atom. The Hall–Kier alpha value is -1.76. The number of hydrogen-bond acceptors (Lipinski definition) is 5. The number of rotatable bonds is 7. The molecule has 0 fully saturated rings. The predicted molar refractivity (Wildman–Crippen MR) is 78.0 cm³/mol. The van der Waals surface area contributed by atoms with Gasteiger partial charge >= 0.3 is 5.97 Å². The molecule has 0 atom stereocenters.